The van der Waals surface area contributed by atoms with Crippen LogP contribution >= 0.6 is 35.0 Å². The van der Waals surface area contributed by atoms with Crippen LogP contribution in [0.3, 0.4) is 0 Å². The van der Waals surface area contributed by atoms with Crippen molar-refractivity contribution in [3.8, 4) is 0 Å². The zero-order chi connectivity index (χ0) is 24.7. The van der Waals surface area contributed by atoms with E-state index in [2.05, 4.69) is 5.32 Å². The molecule has 9 heteroatoms. The summed E-state index contributed by atoms with van der Waals surface area (Å²) in [6, 6.07) is 19.0. The van der Waals surface area contributed by atoms with E-state index in [9.17, 15) is 13.2 Å². The lowest BCUT2D eigenvalue weighted by Crippen LogP contribution is -2.41. The highest BCUT2D eigenvalue weighted by atomic mass is 35.5. The first kappa shape index (κ1) is 26.4. The molecule has 0 unspecified atom stereocenters. The van der Waals surface area contributed by atoms with Crippen molar-refractivity contribution >= 4 is 56.6 Å². The number of amides is 1. The average molecular weight is 538 g/mol. The van der Waals surface area contributed by atoms with Crippen molar-refractivity contribution in [2.75, 3.05) is 23.1 Å². The van der Waals surface area contributed by atoms with E-state index in [1.54, 1.807) is 54.2 Å². The van der Waals surface area contributed by atoms with E-state index in [4.69, 9.17) is 23.2 Å². The molecule has 0 aromatic heterocycles. The lowest BCUT2D eigenvalue weighted by atomic mass is 10.1. The third-order valence-corrected chi connectivity index (χ3v) is 8.34. The Hall–Kier alpha value is -2.19. The molecule has 0 atom stereocenters. The number of anilines is 1. The van der Waals surface area contributed by atoms with Gasteiger partial charge < -0.3 is 5.32 Å². The minimum atomic E-state index is -3.92. The fourth-order valence-corrected chi connectivity index (χ4v) is 6.24. The molecule has 3 rings (SSSR count). The number of nitrogens with one attached hydrogen (secondary N) is 1. The Balaban J connectivity index is 1.65. The average Bonchev–Trinajstić information content (AvgIpc) is 2.78. The smallest absolute Gasteiger partial charge is 0.264 e. The zero-order valence-electron chi connectivity index (χ0n) is 18.9. The third-order valence-electron chi connectivity index (χ3n) is 4.95. The topological polar surface area (TPSA) is 66.5 Å². The van der Waals surface area contributed by atoms with Crippen molar-refractivity contribution in [3.63, 3.8) is 0 Å². The molecule has 0 heterocycles. The van der Waals surface area contributed by atoms with Crippen molar-refractivity contribution in [1.29, 1.82) is 0 Å². The fraction of sp³-hybridized carbons (Fsp3) is 0.240. The summed E-state index contributed by atoms with van der Waals surface area (Å²) in [5.74, 6) is 0.964. The van der Waals surface area contributed by atoms with Crippen LogP contribution < -0.4 is 9.62 Å². The van der Waals surface area contributed by atoms with E-state index in [-0.39, 0.29) is 17.3 Å². The number of carbonyl (C=O) groups excluding carboxylic acids is 1. The molecule has 0 radical (unpaired) electrons. The summed E-state index contributed by atoms with van der Waals surface area (Å²) in [4.78, 5) is 12.9. The standard InChI is InChI=1S/C25H26Cl2N2O3S2/c1-18-12-19(2)14-22(13-18)29(34(31,32)23-6-4-3-5-7-23)16-25(30)28-10-11-33-17-20-8-9-21(26)15-24(20)27/h3-9,12-15H,10-11,16-17H2,1-2H3,(H,28,30). The molecule has 0 aliphatic carbocycles. The molecule has 5 nitrogen and oxygen atoms in total. The van der Waals surface area contributed by atoms with Gasteiger partial charge in [0.2, 0.25) is 5.91 Å². The van der Waals surface area contributed by atoms with Gasteiger partial charge in [-0.25, -0.2) is 8.42 Å². The second-order valence-electron chi connectivity index (χ2n) is 7.81. The zero-order valence-corrected chi connectivity index (χ0v) is 22.1. The lowest BCUT2D eigenvalue weighted by Gasteiger charge is -2.25. The van der Waals surface area contributed by atoms with Gasteiger partial charge in [0.25, 0.3) is 10.0 Å². The fourth-order valence-electron chi connectivity index (χ4n) is 3.40. The molecule has 0 saturated carbocycles. The van der Waals surface area contributed by atoms with E-state index >= 15 is 0 Å². The van der Waals surface area contributed by atoms with Crippen molar-refractivity contribution in [1.82, 2.24) is 5.32 Å². The predicted molar refractivity (Wildman–Crippen MR) is 143 cm³/mol. The van der Waals surface area contributed by atoms with Gasteiger partial charge in [-0.05, 0) is 66.9 Å². The monoisotopic (exact) mass is 536 g/mol. The van der Waals surface area contributed by atoms with Gasteiger partial charge in [-0.1, -0.05) is 53.5 Å². The molecule has 0 bridgehead atoms. The normalized spacial score (nSPS) is 11.3. The van der Waals surface area contributed by atoms with Crippen LogP contribution in [0.1, 0.15) is 16.7 Å². The van der Waals surface area contributed by atoms with Crippen LogP contribution in [0.2, 0.25) is 10.0 Å². The Morgan fingerprint density at radius 1 is 0.971 bits per heavy atom. The lowest BCUT2D eigenvalue weighted by molar-refractivity contribution is -0.119. The van der Waals surface area contributed by atoms with Gasteiger partial charge in [0.1, 0.15) is 6.54 Å². The number of carbonyl (C=O) groups is 1. The predicted octanol–water partition coefficient (Wildman–Crippen LogP) is 5.86. The van der Waals surface area contributed by atoms with Crippen LogP contribution in [0.15, 0.2) is 71.6 Å². The molecule has 180 valence electrons. The van der Waals surface area contributed by atoms with Gasteiger partial charge in [-0.2, -0.15) is 11.8 Å². The van der Waals surface area contributed by atoms with Crippen LogP contribution in [0.25, 0.3) is 0 Å². The molecule has 34 heavy (non-hydrogen) atoms. The van der Waals surface area contributed by atoms with Crippen molar-refractivity contribution in [3.05, 3.63) is 93.5 Å². The minimum absolute atomic E-state index is 0.136. The van der Waals surface area contributed by atoms with Gasteiger partial charge in [0.15, 0.2) is 0 Å². The Bertz CT molecular complexity index is 1230. The summed E-state index contributed by atoms with van der Waals surface area (Å²) in [5, 5.41) is 4.02. The number of sulfonamides is 1. The maximum atomic E-state index is 13.4. The van der Waals surface area contributed by atoms with Crippen LogP contribution in [0.5, 0.6) is 0 Å². The first-order chi connectivity index (χ1) is 16.2. The highest BCUT2D eigenvalue weighted by Crippen LogP contribution is 2.26. The number of thioether (sulfide) groups is 1. The van der Waals surface area contributed by atoms with Gasteiger partial charge >= 0.3 is 0 Å². The highest BCUT2D eigenvalue weighted by molar-refractivity contribution is 7.98. The molecule has 0 saturated heterocycles. The number of nitrogens with zero attached hydrogens (tertiary/aromatic N) is 1. The van der Waals surface area contributed by atoms with Gasteiger partial charge in [0, 0.05) is 28.1 Å². The van der Waals surface area contributed by atoms with E-state index in [0.29, 0.717) is 33.8 Å². The number of hydrogen-bond donors (Lipinski definition) is 1. The van der Waals surface area contributed by atoms with Crippen LogP contribution in [-0.2, 0) is 20.6 Å². The summed E-state index contributed by atoms with van der Waals surface area (Å²) < 4.78 is 28.0. The molecule has 3 aromatic rings. The first-order valence-corrected chi connectivity index (χ1v) is 14.0. The molecule has 1 N–H and O–H groups in total. The summed E-state index contributed by atoms with van der Waals surface area (Å²) in [7, 11) is -3.92. The largest absolute Gasteiger partial charge is 0.354 e. The van der Waals surface area contributed by atoms with Crippen molar-refractivity contribution in [2.45, 2.75) is 24.5 Å². The summed E-state index contributed by atoms with van der Waals surface area (Å²) in [6.07, 6.45) is 0. The quantitative estimate of drug-likeness (QED) is 0.329. The summed E-state index contributed by atoms with van der Waals surface area (Å²) in [5.41, 5.74) is 3.27. The molecule has 1 amide bonds. The van der Waals surface area contributed by atoms with Gasteiger partial charge in [0.05, 0.1) is 10.6 Å². The summed E-state index contributed by atoms with van der Waals surface area (Å²) in [6.45, 7) is 3.89. The van der Waals surface area contributed by atoms with E-state index in [1.165, 1.54) is 12.1 Å². The third kappa shape index (κ3) is 7.15. The number of aryl methyl sites for hydroxylation is 2. The Labute approximate surface area is 215 Å². The second kappa shape index (κ2) is 12.0. The number of halogens is 2. The maximum Gasteiger partial charge on any atom is 0.264 e. The molecule has 0 aliphatic rings. The van der Waals surface area contributed by atoms with Gasteiger partial charge in [-0.3, -0.25) is 9.10 Å². The molecule has 0 aliphatic heterocycles. The van der Waals surface area contributed by atoms with Crippen molar-refractivity contribution < 1.29 is 13.2 Å². The Kier molecular flexibility index (Phi) is 9.31. The van der Waals surface area contributed by atoms with Crippen LogP contribution in [0.4, 0.5) is 5.69 Å². The molecule has 0 spiro atoms. The van der Waals surface area contributed by atoms with Crippen LogP contribution in [0, 0.1) is 13.8 Å². The van der Waals surface area contributed by atoms with E-state index in [1.807, 2.05) is 26.0 Å². The second-order valence-corrected chi connectivity index (χ2v) is 11.6. The Morgan fingerprint density at radius 2 is 1.65 bits per heavy atom. The highest BCUT2D eigenvalue weighted by Gasteiger charge is 2.27. The SMILES string of the molecule is Cc1cc(C)cc(N(CC(=O)NCCSCc2ccc(Cl)cc2Cl)S(=O)(=O)c2ccccc2)c1. The number of rotatable bonds is 10. The van der Waals surface area contributed by atoms with Gasteiger partial charge in [-0.15, -0.1) is 0 Å². The number of benzene rings is 3. The van der Waals surface area contributed by atoms with Crippen LogP contribution in [-0.4, -0.2) is 33.2 Å². The number of hydrogen-bond acceptors (Lipinski definition) is 4. The minimum Gasteiger partial charge on any atom is -0.354 e. The molecule has 0 fully saturated rings. The maximum absolute atomic E-state index is 13.4. The first-order valence-electron chi connectivity index (χ1n) is 10.6. The van der Waals surface area contributed by atoms with E-state index in [0.717, 1.165) is 21.0 Å². The van der Waals surface area contributed by atoms with Crippen molar-refractivity contribution in [2.24, 2.45) is 0 Å². The molecule has 3 aromatic carbocycles. The molecular formula is C25H26Cl2N2O3S2. The Morgan fingerprint density at radius 3 is 2.29 bits per heavy atom. The summed E-state index contributed by atoms with van der Waals surface area (Å²) >= 11 is 13.7. The van der Waals surface area contributed by atoms with E-state index < -0.39 is 10.0 Å². The molecular weight excluding hydrogens is 511 g/mol.